The van der Waals surface area contributed by atoms with Crippen LogP contribution in [0.15, 0.2) is 49.1 Å². The smallest absolute Gasteiger partial charge is 0.259 e. The molecule has 11 nitrogen and oxygen atoms in total. The summed E-state index contributed by atoms with van der Waals surface area (Å²) in [7, 11) is -6.57. The average Bonchev–Trinajstić information content (AvgIpc) is 3.45. The fraction of sp³-hybridized carbons (Fsp3) is 0.429. The maximum absolute atomic E-state index is 12.8. The average molecular weight is 596 g/mol. The Labute approximate surface area is 240 Å². The van der Waals surface area contributed by atoms with Crippen LogP contribution in [0.3, 0.4) is 0 Å². The predicted molar refractivity (Wildman–Crippen MR) is 160 cm³/mol. The minimum absolute atomic E-state index is 0.134. The highest BCUT2D eigenvalue weighted by atomic mass is 32.2. The molecular formula is C28H33N7O4S2. The van der Waals surface area contributed by atoms with Gasteiger partial charge in [-0.2, -0.15) is 9.19 Å². The van der Waals surface area contributed by atoms with Gasteiger partial charge in [-0.1, -0.05) is 19.9 Å². The Morgan fingerprint density at radius 2 is 1.78 bits per heavy atom. The first kappa shape index (κ1) is 27.6. The highest BCUT2D eigenvalue weighted by Gasteiger charge is 2.51. The molecular weight excluding hydrogens is 562 g/mol. The molecule has 6 rings (SSSR count). The van der Waals surface area contributed by atoms with Crippen LogP contribution in [0, 0.1) is 5.92 Å². The first-order chi connectivity index (χ1) is 19.3. The van der Waals surface area contributed by atoms with Gasteiger partial charge in [0.1, 0.15) is 21.5 Å². The van der Waals surface area contributed by atoms with E-state index in [0.29, 0.717) is 49.0 Å². The number of pyridine rings is 1. The number of hydrogen-bond acceptors (Lipinski definition) is 10. The number of nitrogens with one attached hydrogen (secondary N) is 1. The van der Waals surface area contributed by atoms with Crippen LogP contribution in [0.4, 0.5) is 17.3 Å². The van der Waals surface area contributed by atoms with E-state index in [-0.39, 0.29) is 17.6 Å². The second-order valence-electron chi connectivity index (χ2n) is 11.8. The first-order valence-electron chi connectivity index (χ1n) is 13.6. The van der Waals surface area contributed by atoms with E-state index in [9.17, 15) is 16.8 Å². The Morgan fingerprint density at radius 3 is 2.46 bits per heavy atom. The number of anilines is 3. The van der Waals surface area contributed by atoms with E-state index < -0.39 is 24.6 Å². The molecule has 4 heterocycles. The van der Waals surface area contributed by atoms with E-state index in [2.05, 4.69) is 56.2 Å². The lowest BCUT2D eigenvalue weighted by Gasteiger charge is -2.41. The first-order valence-corrected chi connectivity index (χ1v) is 17.1. The van der Waals surface area contributed by atoms with E-state index in [0.717, 1.165) is 20.5 Å². The molecule has 0 atom stereocenters. The zero-order valence-corrected chi connectivity index (χ0v) is 25.1. The van der Waals surface area contributed by atoms with Crippen LogP contribution in [0.2, 0.25) is 0 Å². The lowest BCUT2D eigenvalue weighted by Crippen LogP contribution is -2.49. The van der Waals surface area contributed by atoms with Crippen LogP contribution >= 0.6 is 0 Å². The topological polar surface area (TPSA) is 140 Å². The highest BCUT2D eigenvalue weighted by Crippen LogP contribution is 2.44. The summed E-state index contributed by atoms with van der Waals surface area (Å²) in [5.41, 5.74) is 2.73. The number of aromatic nitrogens is 5. The van der Waals surface area contributed by atoms with Gasteiger partial charge in [0.15, 0.2) is 5.82 Å². The third kappa shape index (κ3) is 5.28. The predicted octanol–water partition coefficient (Wildman–Crippen LogP) is 3.97. The monoisotopic (exact) mass is 595 g/mol. The van der Waals surface area contributed by atoms with Gasteiger partial charge >= 0.3 is 0 Å². The molecule has 1 aliphatic heterocycles. The number of fused-ring (bicyclic) bond motifs is 1. The molecule has 0 bridgehead atoms. The van der Waals surface area contributed by atoms with Gasteiger partial charge in [0, 0.05) is 48.7 Å². The highest BCUT2D eigenvalue weighted by molar-refractivity contribution is 7.91. The number of nitrogens with zero attached hydrogens (tertiary/aromatic N) is 6. The summed E-state index contributed by atoms with van der Waals surface area (Å²) in [5.74, 6) is 2.10. The summed E-state index contributed by atoms with van der Waals surface area (Å²) in [4.78, 5) is 15.8. The summed E-state index contributed by atoms with van der Waals surface area (Å²) in [6, 6.07) is 7.96. The van der Waals surface area contributed by atoms with Crippen LogP contribution in [0.5, 0.6) is 0 Å². The Morgan fingerprint density at radius 1 is 1.02 bits per heavy atom. The van der Waals surface area contributed by atoms with Gasteiger partial charge in [-0.15, -0.1) is 0 Å². The zero-order chi connectivity index (χ0) is 29.2. The van der Waals surface area contributed by atoms with E-state index in [1.54, 1.807) is 19.2 Å². The van der Waals surface area contributed by atoms with Gasteiger partial charge in [0.05, 0.1) is 28.5 Å². The van der Waals surface area contributed by atoms with Crippen molar-refractivity contribution in [3.05, 3.63) is 54.6 Å². The Balaban J connectivity index is 1.26. The quantitative estimate of drug-likeness (QED) is 0.302. The third-order valence-corrected chi connectivity index (χ3v) is 11.3. The zero-order valence-electron chi connectivity index (χ0n) is 23.4. The van der Waals surface area contributed by atoms with Gasteiger partial charge in [-0.05, 0) is 54.8 Å². The summed E-state index contributed by atoms with van der Waals surface area (Å²) < 4.78 is 49.3. The van der Waals surface area contributed by atoms with Crippen molar-refractivity contribution in [1.29, 1.82) is 0 Å². The van der Waals surface area contributed by atoms with E-state index >= 15 is 0 Å². The van der Waals surface area contributed by atoms with Crippen molar-refractivity contribution in [2.24, 2.45) is 5.92 Å². The number of benzene rings is 1. The van der Waals surface area contributed by atoms with Gasteiger partial charge in [0.25, 0.3) is 10.0 Å². The molecule has 0 spiro atoms. The molecule has 216 valence electrons. The maximum Gasteiger partial charge on any atom is 0.259 e. The molecule has 0 unspecified atom stereocenters. The largest absolute Gasteiger partial charge is 0.370 e. The SMILES string of the molecule is CC(C)c1ccc(N2CC(CS(C)(=O)=O)C2)c2cnc(Nc3ccnc(-c4cnn(S(=O)(=O)C5(C)CC5)c4)n3)cc12. The van der Waals surface area contributed by atoms with Crippen molar-refractivity contribution in [2.75, 3.05) is 35.3 Å². The van der Waals surface area contributed by atoms with Crippen LogP contribution in [0.1, 0.15) is 45.1 Å². The molecule has 2 fully saturated rings. The van der Waals surface area contributed by atoms with Gasteiger partial charge in [-0.3, -0.25) is 0 Å². The number of hydrogen-bond donors (Lipinski definition) is 1. The van der Waals surface area contributed by atoms with Gasteiger partial charge in [-0.25, -0.2) is 31.8 Å². The van der Waals surface area contributed by atoms with Crippen LogP contribution < -0.4 is 10.2 Å². The van der Waals surface area contributed by atoms with Crippen molar-refractivity contribution >= 4 is 48.0 Å². The second kappa shape index (κ2) is 9.76. The molecule has 0 radical (unpaired) electrons. The van der Waals surface area contributed by atoms with Crippen molar-refractivity contribution in [1.82, 2.24) is 24.1 Å². The van der Waals surface area contributed by atoms with E-state index in [4.69, 9.17) is 0 Å². The van der Waals surface area contributed by atoms with Crippen LogP contribution in [0.25, 0.3) is 22.2 Å². The molecule has 4 aromatic rings. The molecule has 41 heavy (non-hydrogen) atoms. The normalized spacial score (nSPS) is 17.1. The molecule has 13 heteroatoms. The lowest BCUT2D eigenvalue weighted by molar-refractivity contribution is 0.445. The van der Waals surface area contributed by atoms with Crippen molar-refractivity contribution in [3.63, 3.8) is 0 Å². The minimum atomic E-state index is -3.57. The van der Waals surface area contributed by atoms with E-state index in [1.807, 2.05) is 12.3 Å². The maximum atomic E-state index is 12.8. The standard InChI is InChI=1S/C28H33N7O4S2/c1-18(2)21-5-6-24(34-14-19(15-34)17-40(4,36)37)23-13-30-26(11-22(21)23)32-25-7-10-29-27(33-25)20-12-31-35(16-20)41(38,39)28(3)8-9-28/h5-7,10-13,16,18-19H,8-9,14-15,17H2,1-4H3,(H,29,30,32,33). The van der Waals surface area contributed by atoms with Crippen LogP contribution in [-0.4, -0.2) is 70.8 Å². The molecule has 2 aliphatic rings. The van der Waals surface area contributed by atoms with Crippen molar-refractivity contribution in [3.8, 4) is 11.4 Å². The molecule has 1 saturated heterocycles. The van der Waals surface area contributed by atoms with E-state index in [1.165, 1.54) is 24.2 Å². The lowest BCUT2D eigenvalue weighted by atomic mass is 9.93. The number of rotatable bonds is 9. The third-order valence-electron chi connectivity index (χ3n) is 7.92. The van der Waals surface area contributed by atoms with Crippen molar-refractivity contribution in [2.45, 2.75) is 44.3 Å². The summed E-state index contributed by atoms with van der Waals surface area (Å²) >= 11 is 0. The molecule has 1 aromatic carbocycles. The minimum Gasteiger partial charge on any atom is -0.370 e. The Bertz CT molecular complexity index is 1860. The Kier molecular flexibility index (Phi) is 6.57. The molecule has 3 aromatic heterocycles. The van der Waals surface area contributed by atoms with Gasteiger partial charge in [0.2, 0.25) is 0 Å². The van der Waals surface area contributed by atoms with Crippen molar-refractivity contribution < 1.29 is 16.8 Å². The molecule has 1 N–H and O–H groups in total. The fourth-order valence-corrected chi connectivity index (χ4v) is 7.86. The van der Waals surface area contributed by atoms with Gasteiger partial charge < -0.3 is 10.2 Å². The second-order valence-corrected chi connectivity index (χ2v) is 16.2. The molecule has 1 aliphatic carbocycles. The molecule has 0 amide bonds. The Hall–Kier alpha value is -3.58. The fourth-order valence-electron chi connectivity index (χ4n) is 5.30. The van der Waals surface area contributed by atoms with Crippen LogP contribution in [-0.2, 0) is 19.9 Å². The molecule has 1 saturated carbocycles. The summed E-state index contributed by atoms with van der Waals surface area (Å²) in [5, 5.41) is 9.43. The summed E-state index contributed by atoms with van der Waals surface area (Å²) in [6.07, 6.45) is 8.91. The summed E-state index contributed by atoms with van der Waals surface area (Å²) in [6.45, 7) is 7.42. The number of sulfone groups is 1.